The number of hydrogen-bond donors (Lipinski definition) is 2. The number of carboxylic acid groups (broad SMARTS) is 1. The molecule has 9 heteroatoms. The van der Waals surface area contributed by atoms with Crippen molar-refractivity contribution in [3.8, 4) is 0 Å². The molecule has 0 radical (unpaired) electrons. The summed E-state index contributed by atoms with van der Waals surface area (Å²) in [5.41, 5.74) is 0.701. The smallest absolute Gasteiger partial charge is 0.309 e. The highest BCUT2D eigenvalue weighted by Gasteiger charge is 2.72. The van der Waals surface area contributed by atoms with E-state index in [9.17, 15) is 23.1 Å². The summed E-state index contributed by atoms with van der Waals surface area (Å²) in [5, 5.41) is 14.0. The van der Waals surface area contributed by atoms with E-state index < -0.39 is 27.1 Å². The highest BCUT2D eigenvalue weighted by atomic mass is 32.2. The first kappa shape index (κ1) is 39.6. The Labute approximate surface area is 327 Å². The predicted molar refractivity (Wildman–Crippen MR) is 212 cm³/mol. The van der Waals surface area contributed by atoms with Gasteiger partial charge in [-0.05, 0) is 147 Å². The van der Waals surface area contributed by atoms with Gasteiger partial charge in [-0.3, -0.25) is 14.5 Å². The fourth-order valence-electron chi connectivity index (χ4n) is 16.0. The molecule has 0 unspecified atom stereocenters. The summed E-state index contributed by atoms with van der Waals surface area (Å²) in [6.07, 6.45) is 15.2. The number of hydrogen-bond acceptors (Lipinski definition) is 7. The van der Waals surface area contributed by atoms with Crippen molar-refractivity contribution in [1.82, 2.24) is 10.2 Å². The quantitative estimate of drug-likeness (QED) is 0.239. The molecule has 7 saturated carbocycles. The standard InChI is InChI=1S/C45H74N2O6S/c1-28(47-22-24-54(51,52)25-23-47)27-46-45-17-12-29(41(6)18-19-41)36(45)30-10-11-34-42(7)15-14-35(53-38(50)32-26-31(37(48)49)39(32,2)3)40(4,5)33(42)13-16-44(34,9)43(30,8)20-21-45/h28-36,46H,10-27H2,1-9H3,(H,48,49)/t28-,29+,30+,31-,32+,33-,34+,35-,36+,42-,43+,44+,45-/m0/s1. The van der Waals surface area contributed by atoms with Gasteiger partial charge in [0.1, 0.15) is 6.10 Å². The number of carbonyl (C=O) groups is 2. The first-order valence-corrected chi connectivity index (χ1v) is 24.0. The first-order chi connectivity index (χ1) is 25.0. The molecular formula is C45H74N2O6S. The molecule has 0 amide bonds. The van der Waals surface area contributed by atoms with Gasteiger partial charge in [0.05, 0.1) is 23.3 Å². The van der Waals surface area contributed by atoms with E-state index in [0.717, 1.165) is 25.3 Å². The normalized spacial score (nSPS) is 48.8. The zero-order valence-corrected chi connectivity index (χ0v) is 36.1. The third-order valence-electron chi connectivity index (χ3n) is 20.2. The molecule has 2 N–H and O–H groups in total. The molecule has 54 heavy (non-hydrogen) atoms. The van der Waals surface area contributed by atoms with Crippen LogP contribution in [0.3, 0.4) is 0 Å². The maximum Gasteiger partial charge on any atom is 0.309 e. The molecule has 1 aliphatic heterocycles. The summed E-state index contributed by atoms with van der Waals surface area (Å²) in [5.74, 6) is 2.11. The molecule has 0 aromatic heterocycles. The van der Waals surface area contributed by atoms with Crippen LogP contribution in [0, 0.1) is 73.9 Å². The van der Waals surface area contributed by atoms with Gasteiger partial charge in [-0.2, -0.15) is 0 Å². The van der Waals surface area contributed by atoms with Gasteiger partial charge in [0.15, 0.2) is 9.84 Å². The van der Waals surface area contributed by atoms with Crippen LogP contribution >= 0.6 is 0 Å². The number of rotatable bonds is 8. The second-order valence-corrected chi connectivity index (χ2v) is 25.2. The topological polar surface area (TPSA) is 113 Å². The highest BCUT2D eigenvalue weighted by Crippen LogP contribution is 2.78. The van der Waals surface area contributed by atoms with Crippen molar-refractivity contribution < 1.29 is 27.9 Å². The van der Waals surface area contributed by atoms with E-state index >= 15 is 0 Å². The van der Waals surface area contributed by atoms with Gasteiger partial charge in [0, 0.05) is 36.6 Å². The Morgan fingerprint density at radius 2 is 1.44 bits per heavy atom. The molecule has 0 aromatic carbocycles. The molecule has 1 saturated heterocycles. The van der Waals surface area contributed by atoms with E-state index in [2.05, 4.69) is 58.7 Å². The Morgan fingerprint density at radius 1 is 0.759 bits per heavy atom. The van der Waals surface area contributed by atoms with Crippen LogP contribution < -0.4 is 5.32 Å². The average Bonchev–Trinajstić information content (AvgIpc) is 3.70. The molecule has 0 bridgehead atoms. The van der Waals surface area contributed by atoms with Gasteiger partial charge in [0.25, 0.3) is 0 Å². The summed E-state index contributed by atoms with van der Waals surface area (Å²) in [4.78, 5) is 27.8. The molecule has 306 valence electrons. The SMILES string of the molecule is C[C@@H](CN[C@]12CC[C@@H](C3(C)CC3)[C@@H]1[C@H]1CC[C@@H]3[C@@]4(C)CC[C@H](OC(=O)[C@H]5C[C@@H](C(=O)O)C5(C)C)C(C)(C)[C@@H]4CC[C@@]3(C)[C@]1(C)CC2)N1CCS(=O)(=O)CC1. The highest BCUT2D eigenvalue weighted by molar-refractivity contribution is 7.91. The number of sulfone groups is 1. The lowest BCUT2D eigenvalue weighted by atomic mass is 9.32. The van der Waals surface area contributed by atoms with Gasteiger partial charge < -0.3 is 15.2 Å². The maximum atomic E-state index is 13.6. The first-order valence-electron chi connectivity index (χ1n) is 22.2. The van der Waals surface area contributed by atoms with Crippen molar-refractivity contribution in [2.24, 2.45) is 73.9 Å². The van der Waals surface area contributed by atoms with Crippen molar-refractivity contribution in [3.63, 3.8) is 0 Å². The van der Waals surface area contributed by atoms with Crippen molar-refractivity contribution in [3.05, 3.63) is 0 Å². The molecule has 13 atom stereocenters. The van der Waals surface area contributed by atoms with E-state index in [1.807, 2.05) is 13.8 Å². The number of carboxylic acids is 1. The number of fused-ring (bicyclic) bond motifs is 7. The number of aliphatic carboxylic acids is 1. The monoisotopic (exact) mass is 771 g/mol. The number of nitrogens with zero attached hydrogens (tertiary/aromatic N) is 1. The summed E-state index contributed by atoms with van der Waals surface area (Å²) in [6.45, 7) is 23.8. The molecule has 0 spiro atoms. The Balaban J connectivity index is 1.01. The van der Waals surface area contributed by atoms with Crippen LogP contribution in [0.5, 0.6) is 0 Å². The Kier molecular flexibility index (Phi) is 9.29. The van der Waals surface area contributed by atoms with Gasteiger partial charge in [-0.1, -0.05) is 55.4 Å². The van der Waals surface area contributed by atoms with Crippen LogP contribution in [0.15, 0.2) is 0 Å². The fraction of sp³-hybridized carbons (Fsp3) is 0.956. The van der Waals surface area contributed by atoms with Crippen LogP contribution in [0.4, 0.5) is 0 Å². The number of esters is 1. The summed E-state index contributed by atoms with van der Waals surface area (Å²) in [7, 11) is -2.89. The summed E-state index contributed by atoms with van der Waals surface area (Å²) in [6, 6.07) is 0.336. The minimum absolute atomic E-state index is 0.129. The molecule has 8 fully saturated rings. The predicted octanol–water partition coefficient (Wildman–Crippen LogP) is 7.99. The van der Waals surface area contributed by atoms with Crippen LogP contribution in [0.1, 0.15) is 146 Å². The molecule has 0 aromatic rings. The van der Waals surface area contributed by atoms with Gasteiger partial charge in [0.2, 0.25) is 0 Å². The van der Waals surface area contributed by atoms with Crippen LogP contribution in [0.2, 0.25) is 0 Å². The lowest BCUT2D eigenvalue weighted by Crippen LogP contribution is -2.69. The largest absolute Gasteiger partial charge is 0.481 e. The maximum absolute atomic E-state index is 13.6. The minimum Gasteiger partial charge on any atom is -0.481 e. The van der Waals surface area contributed by atoms with Gasteiger partial charge in [-0.25, -0.2) is 8.42 Å². The van der Waals surface area contributed by atoms with Gasteiger partial charge in [-0.15, -0.1) is 0 Å². The third kappa shape index (κ3) is 5.69. The van der Waals surface area contributed by atoms with E-state index in [1.165, 1.54) is 64.2 Å². The Bertz CT molecular complexity index is 1630. The van der Waals surface area contributed by atoms with Crippen molar-refractivity contribution >= 4 is 21.8 Å². The molecule has 1 heterocycles. The lowest BCUT2D eigenvalue weighted by molar-refractivity contribution is -0.249. The van der Waals surface area contributed by atoms with E-state index in [0.29, 0.717) is 66.1 Å². The Morgan fingerprint density at radius 3 is 2.07 bits per heavy atom. The van der Waals surface area contributed by atoms with E-state index in [4.69, 9.17) is 4.74 Å². The average molecular weight is 771 g/mol. The second-order valence-electron chi connectivity index (χ2n) is 22.9. The zero-order valence-electron chi connectivity index (χ0n) is 35.3. The number of ether oxygens (including phenoxy) is 1. The second kappa shape index (κ2) is 12.7. The van der Waals surface area contributed by atoms with Gasteiger partial charge >= 0.3 is 11.9 Å². The molecule has 8 aliphatic rings. The fourth-order valence-corrected chi connectivity index (χ4v) is 17.3. The van der Waals surface area contributed by atoms with Crippen LogP contribution in [-0.2, 0) is 24.2 Å². The third-order valence-corrected chi connectivity index (χ3v) is 21.8. The van der Waals surface area contributed by atoms with Crippen LogP contribution in [0.25, 0.3) is 0 Å². The van der Waals surface area contributed by atoms with E-state index in [-0.39, 0.29) is 45.2 Å². The minimum atomic E-state index is -2.89. The number of carbonyl (C=O) groups excluding carboxylic acids is 1. The molecule has 8 rings (SSSR count). The number of nitrogens with one attached hydrogen (secondary N) is 1. The zero-order chi connectivity index (χ0) is 39.1. The summed E-state index contributed by atoms with van der Waals surface area (Å²) >= 11 is 0. The van der Waals surface area contributed by atoms with E-state index in [1.54, 1.807) is 0 Å². The van der Waals surface area contributed by atoms with Crippen molar-refractivity contribution in [2.75, 3.05) is 31.1 Å². The Hall–Kier alpha value is -1.19. The van der Waals surface area contributed by atoms with Crippen molar-refractivity contribution in [1.29, 1.82) is 0 Å². The van der Waals surface area contributed by atoms with Crippen LogP contribution in [-0.4, -0.2) is 79.2 Å². The van der Waals surface area contributed by atoms with Crippen molar-refractivity contribution in [2.45, 2.75) is 163 Å². The lowest BCUT2D eigenvalue weighted by Gasteiger charge is -2.73. The molecule has 7 aliphatic carbocycles. The molecular weight excluding hydrogens is 697 g/mol. The summed E-state index contributed by atoms with van der Waals surface area (Å²) < 4.78 is 30.8. The molecule has 8 nitrogen and oxygen atoms in total.